The Hall–Kier alpha value is -1.67. The molecule has 166 valence electrons. The third-order valence-corrected chi connectivity index (χ3v) is 5.67. The van der Waals surface area contributed by atoms with Crippen LogP contribution in [0.2, 0.25) is 0 Å². The molecule has 1 unspecified atom stereocenters. The lowest BCUT2D eigenvalue weighted by Gasteiger charge is -2.39. The third kappa shape index (κ3) is 7.59. The van der Waals surface area contributed by atoms with Gasteiger partial charge in [-0.2, -0.15) is 4.98 Å². The summed E-state index contributed by atoms with van der Waals surface area (Å²) in [5.74, 6) is 3.30. The van der Waals surface area contributed by atoms with Crippen molar-refractivity contribution < 1.29 is 9.26 Å². The Labute approximate surface area is 175 Å². The summed E-state index contributed by atoms with van der Waals surface area (Å²) >= 11 is 0. The molecule has 8 nitrogen and oxygen atoms in total. The minimum absolute atomic E-state index is 0.295. The number of hydrogen-bond donors (Lipinski definition) is 2. The predicted octanol–water partition coefficient (Wildman–Crippen LogP) is 2.43. The first-order chi connectivity index (χ1) is 14.1. The molecular formula is C21H40N6O2. The molecule has 1 saturated heterocycles. The molecule has 1 fully saturated rings. The lowest BCUT2D eigenvalue weighted by molar-refractivity contribution is 0.00272. The van der Waals surface area contributed by atoms with Crippen molar-refractivity contribution in [2.75, 3.05) is 46.4 Å². The summed E-state index contributed by atoms with van der Waals surface area (Å²) in [6, 6.07) is 0.500. The molecule has 1 aromatic heterocycles. The Bertz CT molecular complexity index is 594. The minimum Gasteiger partial charge on any atom is -0.379 e. The molecule has 0 radical (unpaired) electrons. The average Bonchev–Trinajstić information content (AvgIpc) is 3.22. The highest BCUT2D eigenvalue weighted by atomic mass is 16.5. The summed E-state index contributed by atoms with van der Waals surface area (Å²) in [4.78, 5) is 11.4. The standard InChI is InChI=1S/C21H40N6O2/c1-6-17(7-2)18(27-11-13-28-14-12-27)15-24-21(22-5)23-10-8-9-19-25-20(16(3)4)26-29-19/h16-18H,6-15H2,1-5H3,(H2,22,23,24). The fourth-order valence-electron chi connectivity index (χ4n) is 3.81. The van der Waals surface area contributed by atoms with Crippen LogP contribution in [-0.4, -0.2) is 73.5 Å². The summed E-state index contributed by atoms with van der Waals surface area (Å²) in [5, 5.41) is 11.0. The van der Waals surface area contributed by atoms with Gasteiger partial charge >= 0.3 is 0 Å². The average molecular weight is 409 g/mol. The van der Waals surface area contributed by atoms with Gasteiger partial charge in [0, 0.05) is 51.6 Å². The highest BCUT2D eigenvalue weighted by Crippen LogP contribution is 2.19. The second kappa shape index (κ2) is 12.8. The van der Waals surface area contributed by atoms with Gasteiger partial charge in [-0.3, -0.25) is 9.89 Å². The molecule has 1 aromatic rings. The maximum Gasteiger partial charge on any atom is 0.226 e. The molecule has 2 heterocycles. The van der Waals surface area contributed by atoms with E-state index in [2.05, 4.69) is 58.4 Å². The monoisotopic (exact) mass is 408 g/mol. The molecule has 0 spiro atoms. The van der Waals surface area contributed by atoms with Gasteiger partial charge in [0.2, 0.25) is 5.89 Å². The molecule has 29 heavy (non-hydrogen) atoms. The van der Waals surface area contributed by atoms with Gasteiger partial charge in [0.1, 0.15) is 0 Å². The van der Waals surface area contributed by atoms with Crippen molar-refractivity contribution in [1.29, 1.82) is 0 Å². The van der Waals surface area contributed by atoms with E-state index in [1.165, 1.54) is 12.8 Å². The van der Waals surface area contributed by atoms with Crippen molar-refractivity contribution in [3.8, 4) is 0 Å². The zero-order valence-corrected chi connectivity index (χ0v) is 18.9. The van der Waals surface area contributed by atoms with Crippen LogP contribution in [0, 0.1) is 5.92 Å². The Morgan fingerprint density at radius 2 is 1.90 bits per heavy atom. The van der Waals surface area contributed by atoms with E-state index in [0.717, 1.165) is 64.0 Å². The summed E-state index contributed by atoms with van der Waals surface area (Å²) < 4.78 is 10.9. The SMILES string of the molecule is CCC(CC)C(CNC(=NC)NCCCc1nc(C(C)C)no1)N1CCOCC1. The van der Waals surface area contributed by atoms with Gasteiger partial charge in [0.15, 0.2) is 11.8 Å². The van der Waals surface area contributed by atoms with Crippen LogP contribution >= 0.6 is 0 Å². The number of nitrogens with one attached hydrogen (secondary N) is 2. The van der Waals surface area contributed by atoms with Crippen LogP contribution in [0.1, 0.15) is 64.6 Å². The second-order valence-corrected chi connectivity index (χ2v) is 7.98. The fourth-order valence-corrected chi connectivity index (χ4v) is 3.81. The molecule has 0 aliphatic carbocycles. The zero-order valence-electron chi connectivity index (χ0n) is 18.9. The first-order valence-electron chi connectivity index (χ1n) is 11.2. The second-order valence-electron chi connectivity index (χ2n) is 7.98. The largest absolute Gasteiger partial charge is 0.379 e. The number of aromatic nitrogens is 2. The van der Waals surface area contributed by atoms with Crippen LogP contribution < -0.4 is 10.6 Å². The summed E-state index contributed by atoms with van der Waals surface area (Å²) in [6.45, 7) is 14.1. The maximum absolute atomic E-state index is 5.54. The van der Waals surface area contributed by atoms with E-state index in [-0.39, 0.29) is 0 Å². The van der Waals surface area contributed by atoms with Crippen LogP contribution in [0.15, 0.2) is 9.52 Å². The first kappa shape index (κ1) is 23.6. The molecule has 0 aromatic carbocycles. The summed E-state index contributed by atoms with van der Waals surface area (Å²) in [6.07, 6.45) is 4.07. The molecule has 1 aliphatic heterocycles. The number of guanidine groups is 1. The molecule has 0 amide bonds. The zero-order chi connectivity index (χ0) is 21.1. The van der Waals surface area contributed by atoms with Crippen LogP contribution in [0.25, 0.3) is 0 Å². The van der Waals surface area contributed by atoms with E-state index in [0.29, 0.717) is 23.8 Å². The normalized spacial score (nSPS) is 17.1. The van der Waals surface area contributed by atoms with Gasteiger partial charge in [-0.15, -0.1) is 0 Å². The van der Waals surface area contributed by atoms with E-state index >= 15 is 0 Å². The summed E-state index contributed by atoms with van der Waals surface area (Å²) in [7, 11) is 1.82. The van der Waals surface area contributed by atoms with E-state index in [1.54, 1.807) is 0 Å². The number of rotatable bonds is 11. The Balaban J connectivity index is 1.77. The number of aliphatic imine (C=N–C) groups is 1. The maximum atomic E-state index is 5.54. The number of nitrogens with zero attached hydrogens (tertiary/aromatic N) is 4. The highest BCUT2D eigenvalue weighted by Gasteiger charge is 2.27. The van der Waals surface area contributed by atoms with Crippen molar-refractivity contribution in [3.05, 3.63) is 11.7 Å². The van der Waals surface area contributed by atoms with Gasteiger partial charge in [0.25, 0.3) is 0 Å². The fraction of sp³-hybridized carbons (Fsp3) is 0.857. The molecule has 1 aliphatic rings. The van der Waals surface area contributed by atoms with Crippen molar-refractivity contribution >= 4 is 5.96 Å². The van der Waals surface area contributed by atoms with Crippen LogP contribution in [0.4, 0.5) is 0 Å². The lowest BCUT2D eigenvalue weighted by atomic mass is 9.92. The third-order valence-electron chi connectivity index (χ3n) is 5.67. The number of aryl methyl sites for hydroxylation is 1. The van der Waals surface area contributed by atoms with Crippen molar-refractivity contribution in [1.82, 2.24) is 25.7 Å². The molecular weight excluding hydrogens is 368 g/mol. The smallest absolute Gasteiger partial charge is 0.226 e. The number of hydrogen-bond acceptors (Lipinski definition) is 6. The topological polar surface area (TPSA) is 87.8 Å². The molecule has 1 atom stereocenters. The Morgan fingerprint density at radius 1 is 1.17 bits per heavy atom. The van der Waals surface area contributed by atoms with E-state index < -0.39 is 0 Å². The van der Waals surface area contributed by atoms with E-state index in [9.17, 15) is 0 Å². The highest BCUT2D eigenvalue weighted by molar-refractivity contribution is 5.79. The quantitative estimate of drug-likeness (QED) is 0.330. The van der Waals surface area contributed by atoms with Crippen molar-refractivity contribution in [3.63, 3.8) is 0 Å². The molecule has 8 heteroatoms. The molecule has 2 N–H and O–H groups in total. The molecule has 2 rings (SSSR count). The number of ether oxygens (including phenoxy) is 1. The number of morpholine rings is 1. The van der Waals surface area contributed by atoms with Crippen LogP contribution in [-0.2, 0) is 11.2 Å². The van der Waals surface area contributed by atoms with Crippen molar-refractivity contribution in [2.24, 2.45) is 10.9 Å². The van der Waals surface area contributed by atoms with Gasteiger partial charge in [0.05, 0.1) is 13.2 Å². The molecule has 0 saturated carbocycles. The molecule has 0 bridgehead atoms. The van der Waals surface area contributed by atoms with E-state index in [1.807, 2.05) is 7.05 Å². The minimum atomic E-state index is 0.295. The van der Waals surface area contributed by atoms with E-state index in [4.69, 9.17) is 9.26 Å². The van der Waals surface area contributed by atoms with Crippen LogP contribution in [0.5, 0.6) is 0 Å². The van der Waals surface area contributed by atoms with Crippen molar-refractivity contribution in [2.45, 2.75) is 65.3 Å². The predicted molar refractivity (Wildman–Crippen MR) is 116 cm³/mol. The first-order valence-corrected chi connectivity index (χ1v) is 11.2. The van der Waals surface area contributed by atoms with Gasteiger partial charge in [-0.25, -0.2) is 0 Å². The van der Waals surface area contributed by atoms with Gasteiger partial charge in [-0.05, 0) is 12.3 Å². The van der Waals surface area contributed by atoms with Gasteiger partial charge < -0.3 is 19.9 Å². The summed E-state index contributed by atoms with van der Waals surface area (Å²) in [5.41, 5.74) is 0. The lowest BCUT2D eigenvalue weighted by Crippen LogP contribution is -2.53. The van der Waals surface area contributed by atoms with Crippen LogP contribution in [0.3, 0.4) is 0 Å². The van der Waals surface area contributed by atoms with Gasteiger partial charge in [-0.1, -0.05) is 45.7 Å². The Morgan fingerprint density at radius 3 is 2.48 bits per heavy atom. The Kier molecular flexibility index (Phi) is 10.4.